The summed E-state index contributed by atoms with van der Waals surface area (Å²) in [5.74, 6) is 0. The van der Waals surface area contributed by atoms with Crippen LogP contribution in [0.15, 0.2) is 50.6 Å². The Morgan fingerprint density at radius 2 is 0.800 bits per heavy atom. The van der Waals surface area contributed by atoms with Gasteiger partial charge in [-0.15, -0.1) is 0 Å². The van der Waals surface area contributed by atoms with Crippen LogP contribution in [-0.4, -0.2) is 24.5 Å². The van der Waals surface area contributed by atoms with Gasteiger partial charge in [0.15, 0.2) is 0 Å². The Balaban J connectivity index is 0.000000314. The second kappa shape index (κ2) is 12.4. The molecule has 6 N–H and O–H groups in total. The summed E-state index contributed by atoms with van der Waals surface area (Å²) in [5, 5.41) is 37.3. The molecule has 10 heteroatoms. The van der Waals surface area contributed by atoms with Crippen molar-refractivity contribution in [3.63, 3.8) is 0 Å². The Morgan fingerprint density at radius 3 is 0.840 bits per heavy atom. The van der Waals surface area contributed by atoms with Crippen LogP contribution in [0.2, 0.25) is 0 Å². The molecule has 138 valence electrons. The van der Waals surface area contributed by atoms with Gasteiger partial charge in [0.05, 0.1) is 17.1 Å². The lowest BCUT2D eigenvalue weighted by molar-refractivity contribution is -0.608. The third-order valence-electron chi connectivity index (χ3n) is 2.73. The van der Waals surface area contributed by atoms with Gasteiger partial charge in [0.1, 0.15) is 17.1 Å². The van der Waals surface area contributed by atoms with Gasteiger partial charge in [-0.3, -0.25) is 7.32 Å². The highest BCUT2D eigenvalue weighted by molar-refractivity contribution is 6.24. The highest BCUT2D eigenvalue weighted by Gasteiger charge is 2.01. The molecule has 0 amide bonds. The fraction of sp³-hybridized carbons (Fsp3) is 0.400. The van der Waals surface area contributed by atoms with Gasteiger partial charge in [-0.05, 0) is 20.8 Å². The first kappa shape index (κ1) is 23.1. The second-order valence-electron chi connectivity index (χ2n) is 5.65. The minimum Gasteiger partial charge on any atom is -0.907 e. The highest BCUT2D eigenvalue weighted by Crippen LogP contribution is 1.87. The summed E-state index contributed by atoms with van der Waals surface area (Å²) < 4.78 is 0. The molecule has 3 aliphatic rings. The van der Waals surface area contributed by atoms with Crippen molar-refractivity contribution in [1.82, 2.24) is 0 Å². The standard InChI is InChI=1S/3C5H8N2.BO3/c3*1-4-3-5(2)7-6-4;2-1(3)4/h3*3H,1-2H3,(H,6,7);/q;;;-3/p+3. The minimum absolute atomic E-state index is 1.11. The molecule has 0 aromatic rings. The molecule has 3 heterocycles. The van der Waals surface area contributed by atoms with Crippen molar-refractivity contribution in [3.8, 4) is 0 Å². The van der Waals surface area contributed by atoms with E-state index in [1.807, 2.05) is 57.8 Å². The van der Waals surface area contributed by atoms with E-state index in [2.05, 4.69) is 33.5 Å². The molecule has 0 radical (unpaired) electrons. The summed E-state index contributed by atoms with van der Waals surface area (Å²) in [6.07, 6.45) is 6.17. The summed E-state index contributed by atoms with van der Waals surface area (Å²) in [4.78, 5) is 0. The van der Waals surface area contributed by atoms with Gasteiger partial charge < -0.3 is 15.1 Å². The summed E-state index contributed by atoms with van der Waals surface area (Å²) >= 11 is 0. The van der Waals surface area contributed by atoms with Gasteiger partial charge in [-0.1, -0.05) is 15.3 Å². The minimum atomic E-state index is -2.92. The number of allylic oxidation sites excluding steroid dienone is 6. The first-order valence-electron chi connectivity index (χ1n) is 7.75. The zero-order chi connectivity index (χ0) is 19.4. The second-order valence-corrected chi connectivity index (χ2v) is 5.65. The van der Waals surface area contributed by atoms with Crippen LogP contribution in [0.5, 0.6) is 0 Å². The van der Waals surface area contributed by atoms with Crippen LogP contribution in [0.4, 0.5) is 0 Å². The molecule has 3 rings (SSSR count). The normalized spacial score (nSPS) is 17.2. The SMILES string of the molecule is CC1=CC(C)=N[NH2+]1.CC1=CC(C)=N[NH2+]1.CC1=CC(C)=N[NH2+]1.[O-]B([O-])[O-]. The predicted molar refractivity (Wildman–Crippen MR) is 92.1 cm³/mol. The van der Waals surface area contributed by atoms with E-state index in [0.717, 1.165) is 17.1 Å². The lowest BCUT2D eigenvalue weighted by Gasteiger charge is -2.35. The Bertz CT molecular complexity index is 537. The van der Waals surface area contributed by atoms with Crippen LogP contribution in [0.1, 0.15) is 41.5 Å². The topological polar surface area (TPSA) is 156 Å². The fourth-order valence-electron chi connectivity index (χ4n) is 1.82. The number of nitrogens with two attached hydrogens (primary N) is 3. The quantitative estimate of drug-likeness (QED) is 0.298. The molecule has 0 fully saturated rings. The number of hydrogen-bond donors (Lipinski definition) is 3. The number of nitrogens with zero attached hydrogens (tertiary/aromatic N) is 3. The van der Waals surface area contributed by atoms with Crippen molar-refractivity contribution in [3.05, 3.63) is 35.3 Å². The third-order valence-corrected chi connectivity index (χ3v) is 2.73. The van der Waals surface area contributed by atoms with Crippen molar-refractivity contribution in [1.29, 1.82) is 0 Å². The molecule has 0 saturated carbocycles. The lowest BCUT2D eigenvalue weighted by atomic mass is 10.3. The molecule has 9 nitrogen and oxygen atoms in total. The van der Waals surface area contributed by atoms with E-state index in [9.17, 15) is 0 Å². The zero-order valence-corrected chi connectivity index (χ0v) is 15.6. The van der Waals surface area contributed by atoms with Crippen LogP contribution in [0.25, 0.3) is 0 Å². The number of hydrogen-bond acceptors (Lipinski definition) is 6. The highest BCUT2D eigenvalue weighted by atomic mass is 16.5. The summed E-state index contributed by atoms with van der Waals surface area (Å²) in [6.45, 7) is 12.1. The first-order valence-corrected chi connectivity index (χ1v) is 7.75. The summed E-state index contributed by atoms with van der Waals surface area (Å²) in [5.41, 5.74) is 12.7. The molecule has 25 heavy (non-hydrogen) atoms. The molecular weight excluding hydrogens is 323 g/mol. The molecule has 0 atom stereocenters. The predicted octanol–water partition coefficient (Wildman–Crippen LogP) is -4.42. The Labute approximate surface area is 148 Å². The van der Waals surface area contributed by atoms with Gasteiger partial charge in [-0.25, -0.2) is 0 Å². The van der Waals surface area contributed by atoms with Crippen LogP contribution in [0.3, 0.4) is 0 Å². The van der Waals surface area contributed by atoms with Gasteiger partial charge in [0.25, 0.3) is 0 Å². The fourth-order valence-corrected chi connectivity index (χ4v) is 1.82. The first-order chi connectivity index (χ1) is 11.6. The van der Waals surface area contributed by atoms with E-state index in [4.69, 9.17) is 15.1 Å². The maximum atomic E-state index is 8.42. The molecule has 0 spiro atoms. The number of rotatable bonds is 0. The zero-order valence-electron chi connectivity index (χ0n) is 15.6. The molecule has 0 aromatic carbocycles. The number of quaternary nitrogens is 3. The van der Waals surface area contributed by atoms with Crippen LogP contribution >= 0.6 is 0 Å². The van der Waals surface area contributed by atoms with Gasteiger partial charge >= 0.3 is 0 Å². The van der Waals surface area contributed by atoms with Crippen molar-refractivity contribution in [2.75, 3.05) is 0 Å². The van der Waals surface area contributed by atoms with Crippen LogP contribution in [0, 0.1) is 0 Å². The van der Waals surface area contributed by atoms with E-state index >= 15 is 0 Å². The largest absolute Gasteiger partial charge is 0.907 e. The van der Waals surface area contributed by atoms with Gasteiger partial charge in [0.2, 0.25) is 0 Å². The van der Waals surface area contributed by atoms with Crippen molar-refractivity contribution in [2.45, 2.75) is 41.5 Å². The van der Waals surface area contributed by atoms with Crippen molar-refractivity contribution >= 4 is 24.5 Å². The van der Waals surface area contributed by atoms with E-state index in [1.54, 1.807) is 0 Å². The summed E-state index contributed by atoms with van der Waals surface area (Å²) in [6, 6.07) is 0. The molecule has 3 aliphatic heterocycles. The Kier molecular flexibility index (Phi) is 11.5. The maximum Gasteiger partial charge on any atom is 0.131 e. The Morgan fingerprint density at radius 1 is 0.600 bits per heavy atom. The molecular formula is C15H27BN6O3. The van der Waals surface area contributed by atoms with Gasteiger partial charge in [-0.2, -0.15) is 16.3 Å². The molecule has 0 aliphatic carbocycles. The smallest absolute Gasteiger partial charge is 0.131 e. The molecule has 0 saturated heterocycles. The maximum absolute atomic E-state index is 8.42. The monoisotopic (exact) mass is 350 g/mol. The average Bonchev–Trinajstić information content (AvgIpc) is 3.15. The van der Waals surface area contributed by atoms with Gasteiger partial charge in [0, 0.05) is 39.0 Å². The Hall–Kier alpha value is -1.95. The molecule has 0 aromatic heterocycles. The van der Waals surface area contributed by atoms with E-state index in [1.165, 1.54) is 17.1 Å². The van der Waals surface area contributed by atoms with Crippen molar-refractivity contribution < 1.29 is 31.3 Å². The molecule has 0 unspecified atom stereocenters. The van der Waals surface area contributed by atoms with Crippen LogP contribution in [-0.2, 0) is 0 Å². The van der Waals surface area contributed by atoms with E-state index < -0.39 is 7.32 Å². The van der Waals surface area contributed by atoms with Crippen LogP contribution < -0.4 is 31.3 Å². The molecule has 0 bridgehead atoms. The van der Waals surface area contributed by atoms with E-state index in [-0.39, 0.29) is 0 Å². The van der Waals surface area contributed by atoms with Crippen molar-refractivity contribution in [2.24, 2.45) is 15.3 Å². The summed E-state index contributed by atoms with van der Waals surface area (Å²) in [7, 11) is -2.92. The lowest BCUT2D eigenvalue weighted by Crippen LogP contribution is -2.73. The third kappa shape index (κ3) is 14.1. The average molecular weight is 350 g/mol. The van der Waals surface area contributed by atoms with E-state index in [0.29, 0.717) is 0 Å².